The van der Waals surface area contributed by atoms with Gasteiger partial charge in [0.25, 0.3) is 5.91 Å². The first-order valence-corrected chi connectivity index (χ1v) is 9.61. The first kappa shape index (κ1) is 20.4. The molecule has 2 amide bonds. The van der Waals surface area contributed by atoms with Crippen molar-refractivity contribution in [1.29, 1.82) is 0 Å². The molecule has 3 rings (SSSR count). The van der Waals surface area contributed by atoms with Gasteiger partial charge in [0.2, 0.25) is 5.91 Å². The Balaban J connectivity index is 1.53. The summed E-state index contributed by atoms with van der Waals surface area (Å²) in [6.45, 7) is 6.08. The summed E-state index contributed by atoms with van der Waals surface area (Å²) < 4.78 is 5.67. The van der Waals surface area contributed by atoms with Crippen molar-refractivity contribution in [3.05, 3.63) is 77.9 Å². The van der Waals surface area contributed by atoms with Gasteiger partial charge in [-0.25, -0.2) is 0 Å². The standard InChI is InChI=1S/C24H26N2O3/c1-24(2,3)20-13-6-7-14-21(20)29-16-23(28)26-25-22(27)15-18-11-8-10-17-9-4-5-12-19(17)18/h4-14H,15-16H2,1-3H3,(H,25,27)(H,26,28). The van der Waals surface area contributed by atoms with Gasteiger partial charge in [0.15, 0.2) is 6.61 Å². The molecule has 0 spiro atoms. The summed E-state index contributed by atoms with van der Waals surface area (Å²) in [4.78, 5) is 24.3. The third kappa shape index (κ3) is 5.35. The maximum atomic E-state index is 12.3. The van der Waals surface area contributed by atoms with Crippen LogP contribution in [0.5, 0.6) is 5.75 Å². The van der Waals surface area contributed by atoms with Crippen molar-refractivity contribution >= 4 is 22.6 Å². The van der Waals surface area contributed by atoms with Crippen molar-refractivity contribution in [1.82, 2.24) is 10.9 Å². The first-order valence-electron chi connectivity index (χ1n) is 9.61. The number of rotatable bonds is 5. The highest BCUT2D eigenvalue weighted by Crippen LogP contribution is 2.30. The fourth-order valence-electron chi connectivity index (χ4n) is 3.19. The van der Waals surface area contributed by atoms with Crippen molar-refractivity contribution < 1.29 is 14.3 Å². The van der Waals surface area contributed by atoms with Crippen LogP contribution in [0.1, 0.15) is 31.9 Å². The van der Waals surface area contributed by atoms with Crippen molar-refractivity contribution in [2.45, 2.75) is 32.6 Å². The van der Waals surface area contributed by atoms with Crippen LogP contribution < -0.4 is 15.6 Å². The van der Waals surface area contributed by atoms with E-state index in [9.17, 15) is 9.59 Å². The zero-order valence-electron chi connectivity index (χ0n) is 17.0. The molecule has 0 fully saturated rings. The van der Waals surface area contributed by atoms with Crippen LogP contribution in [0.3, 0.4) is 0 Å². The summed E-state index contributed by atoms with van der Waals surface area (Å²) in [5.41, 5.74) is 6.71. The molecule has 0 bridgehead atoms. The highest BCUT2D eigenvalue weighted by atomic mass is 16.5. The first-order chi connectivity index (χ1) is 13.8. The fourth-order valence-corrected chi connectivity index (χ4v) is 3.19. The molecule has 3 aromatic rings. The highest BCUT2D eigenvalue weighted by Gasteiger charge is 2.19. The summed E-state index contributed by atoms with van der Waals surface area (Å²) in [6, 6.07) is 21.4. The number of para-hydroxylation sites is 1. The van der Waals surface area contributed by atoms with Gasteiger partial charge in [0.05, 0.1) is 6.42 Å². The van der Waals surface area contributed by atoms with Crippen LogP contribution in [-0.2, 0) is 21.4 Å². The lowest BCUT2D eigenvalue weighted by molar-refractivity contribution is -0.129. The molecule has 3 aromatic carbocycles. The smallest absolute Gasteiger partial charge is 0.276 e. The molecule has 5 nitrogen and oxygen atoms in total. The van der Waals surface area contributed by atoms with Crippen molar-refractivity contribution in [2.24, 2.45) is 0 Å². The molecule has 150 valence electrons. The highest BCUT2D eigenvalue weighted by molar-refractivity contribution is 5.91. The number of fused-ring (bicyclic) bond motifs is 1. The van der Waals surface area contributed by atoms with E-state index in [2.05, 4.69) is 31.6 Å². The zero-order valence-corrected chi connectivity index (χ0v) is 17.0. The molecule has 2 N–H and O–H groups in total. The molecular weight excluding hydrogens is 364 g/mol. The SMILES string of the molecule is CC(C)(C)c1ccccc1OCC(=O)NNC(=O)Cc1cccc2ccccc12. The van der Waals surface area contributed by atoms with Gasteiger partial charge in [-0.05, 0) is 33.4 Å². The second-order valence-electron chi connectivity index (χ2n) is 7.95. The van der Waals surface area contributed by atoms with Gasteiger partial charge < -0.3 is 4.74 Å². The number of amides is 2. The topological polar surface area (TPSA) is 67.4 Å². The Kier molecular flexibility index (Phi) is 6.17. The number of hydrogen-bond acceptors (Lipinski definition) is 3. The van der Waals surface area contributed by atoms with Crippen LogP contribution >= 0.6 is 0 Å². The summed E-state index contributed by atoms with van der Waals surface area (Å²) >= 11 is 0. The van der Waals surface area contributed by atoms with Gasteiger partial charge in [0, 0.05) is 0 Å². The molecule has 0 unspecified atom stereocenters. The molecule has 0 atom stereocenters. The molecule has 0 radical (unpaired) electrons. The van der Waals surface area contributed by atoms with E-state index in [1.807, 2.05) is 66.7 Å². The molecule has 0 aliphatic carbocycles. The lowest BCUT2D eigenvalue weighted by atomic mass is 9.86. The Labute approximate surface area is 171 Å². The van der Waals surface area contributed by atoms with Crippen molar-refractivity contribution in [3.8, 4) is 5.75 Å². The Morgan fingerprint density at radius 3 is 2.28 bits per heavy atom. The minimum absolute atomic E-state index is 0.0975. The number of nitrogens with one attached hydrogen (secondary N) is 2. The molecule has 0 saturated heterocycles. The molecule has 5 heteroatoms. The number of carbonyl (C=O) groups excluding carboxylic acids is 2. The van der Waals surface area contributed by atoms with Crippen LogP contribution in [0.4, 0.5) is 0 Å². The van der Waals surface area contributed by atoms with Crippen LogP contribution in [0, 0.1) is 0 Å². The lowest BCUT2D eigenvalue weighted by Gasteiger charge is -2.22. The van der Waals surface area contributed by atoms with E-state index in [0.717, 1.165) is 21.9 Å². The monoisotopic (exact) mass is 390 g/mol. The van der Waals surface area contributed by atoms with Crippen molar-refractivity contribution in [2.75, 3.05) is 6.61 Å². The maximum absolute atomic E-state index is 12.3. The largest absolute Gasteiger partial charge is 0.483 e. The number of carbonyl (C=O) groups is 2. The van der Waals surface area contributed by atoms with E-state index >= 15 is 0 Å². The number of hydrogen-bond donors (Lipinski definition) is 2. The second kappa shape index (κ2) is 8.78. The Morgan fingerprint density at radius 1 is 0.828 bits per heavy atom. The third-order valence-electron chi connectivity index (χ3n) is 4.63. The van der Waals surface area contributed by atoms with Gasteiger partial charge >= 0.3 is 0 Å². The van der Waals surface area contributed by atoms with Gasteiger partial charge in [-0.2, -0.15) is 0 Å². The summed E-state index contributed by atoms with van der Waals surface area (Å²) in [5, 5.41) is 2.10. The lowest BCUT2D eigenvalue weighted by Crippen LogP contribution is -2.44. The summed E-state index contributed by atoms with van der Waals surface area (Å²) in [5.74, 6) is -0.0398. The Hall–Kier alpha value is -3.34. The predicted molar refractivity (Wildman–Crippen MR) is 115 cm³/mol. The summed E-state index contributed by atoms with van der Waals surface area (Å²) in [6.07, 6.45) is 0.176. The molecule has 0 aromatic heterocycles. The zero-order chi connectivity index (χ0) is 20.9. The van der Waals surface area contributed by atoms with Gasteiger partial charge in [-0.1, -0.05) is 81.4 Å². The van der Waals surface area contributed by atoms with Crippen LogP contribution in [0.2, 0.25) is 0 Å². The quantitative estimate of drug-likeness (QED) is 0.649. The molecule has 0 saturated carbocycles. The van der Waals surface area contributed by atoms with Crippen LogP contribution in [0.25, 0.3) is 10.8 Å². The van der Waals surface area contributed by atoms with Crippen molar-refractivity contribution in [3.63, 3.8) is 0 Å². The molecule has 29 heavy (non-hydrogen) atoms. The number of benzene rings is 3. The van der Waals surface area contributed by atoms with E-state index < -0.39 is 5.91 Å². The van der Waals surface area contributed by atoms with E-state index in [4.69, 9.17) is 4.74 Å². The van der Waals surface area contributed by atoms with Gasteiger partial charge in [-0.15, -0.1) is 0 Å². The maximum Gasteiger partial charge on any atom is 0.276 e. The number of hydrazine groups is 1. The molecule has 0 aliphatic rings. The normalized spacial score (nSPS) is 11.1. The second-order valence-corrected chi connectivity index (χ2v) is 7.95. The molecule has 0 aliphatic heterocycles. The number of ether oxygens (including phenoxy) is 1. The van der Waals surface area contributed by atoms with E-state index in [0.29, 0.717) is 5.75 Å². The van der Waals surface area contributed by atoms with E-state index in [1.165, 1.54) is 0 Å². The van der Waals surface area contributed by atoms with Gasteiger partial charge in [0.1, 0.15) is 5.75 Å². The Bertz CT molecular complexity index is 1020. The summed E-state index contributed by atoms with van der Waals surface area (Å²) in [7, 11) is 0. The molecule has 0 heterocycles. The average Bonchev–Trinajstić information content (AvgIpc) is 2.70. The molecular formula is C24H26N2O3. The van der Waals surface area contributed by atoms with Crippen LogP contribution in [-0.4, -0.2) is 18.4 Å². The average molecular weight is 390 g/mol. The predicted octanol–water partition coefficient (Wildman–Crippen LogP) is 3.91. The van der Waals surface area contributed by atoms with E-state index in [1.54, 1.807) is 0 Å². The van der Waals surface area contributed by atoms with Gasteiger partial charge in [-0.3, -0.25) is 20.4 Å². The minimum atomic E-state index is -0.417. The van der Waals surface area contributed by atoms with Crippen LogP contribution in [0.15, 0.2) is 66.7 Å². The third-order valence-corrected chi connectivity index (χ3v) is 4.63. The fraction of sp³-hybridized carbons (Fsp3) is 0.250. The van der Waals surface area contributed by atoms with E-state index in [-0.39, 0.29) is 24.3 Å². The minimum Gasteiger partial charge on any atom is -0.483 e. The Morgan fingerprint density at radius 2 is 1.48 bits per heavy atom.